The van der Waals surface area contributed by atoms with Crippen molar-refractivity contribution in [2.45, 2.75) is 91.4 Å². The van der Waals surface area contributed by atoms with Gasteiger partial charge in [0.2, 0.25) is 0 Å². The van der Waals surface area contributed by atoms with Crippen molar-refractivity contribution in [3.8, 4) is 0 Å². The van der Waals surface area contributed by atoms with E-state index >= 15 is 0 Å². The highest BCUT2D eigenvalue weighted by atomic mass is 28.4. The van der Waals surface area contributed by atoms with Crippen molar-refractivity contribution in [3.05, 3.63) is 18.0 Å². The molecule has 0 saturated heterocycles. The summed E-state index contributed by atoms with van der Waals surface area (Å²) in [5.74, 6) is 1.63. The molecule has 154 valence electrons. The summed E-state index contributed by atoms with van der Waals surface area (Å²) in [6.45, 7) is 17.2. The van der Waals surface area contributed by atoms with E-state index in [1.807, 2.05) is 10.9 Å². The Hall–Kier alpha value is -0.943. The SMILES string of the molecule is CC[C@H](C)[C@@H]1CCCCC1C(=O)c1cnn(CCO[Si](C)(C)C(C)(C)C)c1. The first-order valence-electron chi connectivity index (χ1n) is 10.8. The second-order valence-electron chi connectivity index (χ2n) is 9.91. The fourth-order valence-corrected chi connectivity index (χ4v) is 4.94. The first kappa shape index (κ1) is 22.3. The van der Waals surface area contributed by atoms with Crippen molar-refractivity contribution >= 4 is 14.1 Å². The van der Waals surface area contributed by atoms with Gasteiger partial charge in [0, 0.05) is 12.1 Å². The summed E-state index contributed by atoms with van der Waals surface area (Å²) in [5.41, 5.74) is 0.780. The maximum atomic E-state index is 13.1. The van der Waals surface area contributed by atoms with E-state index in [1.165, 1.54) is 19.3 Å². The number of Topliss-reactive ketones (excluding diaryl/α,β-unsaturated/α-hetero) is 1. The second kappa shape index (κ2) is 9.04. The lowest BCUT2D eigenvalue weighted by Crippen LogP contribution is -2.41. The summed E-state index contributed by atoms with van der Waals surface area (Å²) in [7, 11) is -1.73. The zero-order valence-corrected chi connectivity index (χ0v) is 19.5. The minimum Gasteiger partial charge on any atom is -0.415 e. The van der Waals surface area contributed by atoms with Gasteiger partial charge in [-0.1, -0.05) is 53.9 Å². The third kappa shape index (κ3) is 5.54. The number of aromatic nitrogens is 2. The van der Waals surface area contributed by atoms with Crippen molar-refractivity contribution in [3.63, 3.8) is 0 Å². The first-order valence-corrected chi connectivity index (χ1v) is 13.7. The van der Waals surface area contributed by atoms with Gasteiger partial charge < -0.3 is 4.43 Å². The van der Waals surface area contributed by atoms with Crippen LogP contribution in [0.5, 0.6) is 0 Å². The third-order valence-corrected chi connectivity index (χ3v) is 11.6. The molecule has 0 spiro atoms. The van der Waals surface area contributed by atoms with Crippen molar-refractivity contribution in [1.82, 2.24) is 9.78 Å². The molecule has 5 heteroatoms. The molecule has 1 fully saturated rings. The molecule has 1 saturated carbocycles. The number of nitrogens with zero attached hydrogens (tertiary/aromatic N) is 2. The van der Waals surface area contributed by atoms with Gasteiger partial charge in [-0.25, -0.2) is 0 Å². The molecule has 1 aromatic heterocycles. The molecule has 0 bridgehead atoms. The number of hydrogen-bond donors (Lipinski definition) is 0. The average Bonchev–Trinajstić information content (AvgIpc) is 3.08. The standard InChI is InChI=1S/C22H40N2O2Si/c1-8-17(2)19-11-9-10-12-20(19)21(25)18-15-23-24(16-18)13-14-26-27(6,7)22(3,4)5/h15-17,19-20H,8-14H2,1-7H3/t17-,19-,20?/m0/s1. The molecule has 3 atom stereocenters. The fourth-order valence-electron chi connectivity index (χ4n) is 3.91. The van der Waals surface area contributed by atoms with Crippen LogP contribution in [0.25, 0.3) is 0 Å². The van der Waals surface area contributed by atoms with Gasteiger partial charge in [0.05, 0.1) is 24.9 Å². The molecule has 0 aromatic carbocycles. The molecule has 1 heterocycles. The fraction of sp³-hybridized carbons (Fsp3) is 0.818. The minimum atomic E-state index is -1.73. The quantitative estimate of drug-likeness (QED) is 0.406. The molecule has 4 nitrogen and oxygen atoms in total. The monoisotopic (exact) mass is 392 g/mol. The molecule has 1 aliphatic rings. The minimum absolute atomic E-state index is 0.176. The number of carbonyl (C=O) groups excluding carboxylic acids is 1. The number of carbonyl (C=O) groups is 1. The van der Waals surface area contributed by atoms with Crippen molar-refractivity contribution in [2.24, 2.45) is 17.8 Å². The largest absolute Gasteiger partial charge is 0.415 e. The van der Waals surface area contributed by atoms with E-state index in [2.05, 4.69) is 52.8 Å². The van der Waals surface area contributed by atoms with E-state index < -0.39 is 8.32 Å². The second-order valence-corrected chi connectivity index (χ2v) is 14.7. The van der Waals surface area contributed by atoms with Gasteiger partial charge in [-0.15, -0.1) is 0 Å². The normalized spacial score (nSPS) is 22.6. The smallest absolute Gasteiger partial charge is 0.192 e. The highest BCUT2D eigenvalue weighted by Gasteiger charge is 2.37. The van der Waals surface area contributed by atoms with Crippen LogP contribution in [0.3, 0.4) is 0 Å². The van der Waals surface area contributed by atoms with Crippen LogP contribution in [-0.4, -0.2) is 30.5 Å². The van der Waals surface area contributed by atoms with Gasteiger partial charge in [0.1, 0.15) is 0 Å². The number of rotatable bonds is 8. The lowest BCUT2D eigenvalue weighted by atomic mass is 9.70. The Labute approximate surface area is 167 Å². The van der Waals surface area contributed by atoms with Crippen LogP contribution in [0.2, 0.25) is 18.1 Å². The van der Waals surface area contributed by atoms with E-state index in [0.717, 1.165) is 18.4 Å². The molecular formula is C22H40N2O2Si. The van der Waals surface area contributed by atoms with Crippen LogP contribution in [0.1, 0.15) is 77.1 Å². The summed E-state index contributed by atoms with van der Waals surface area (Å²) < 4.78 is 8.12. The molecule has 1 aliphatic carbocycles. The summed E-state index contributed by atoms with van der Waals surface area (Å²) in [6, 6.07) is 0. The summed E-state index contributed by atoms with van der Waals surface area (Å²) in [5, 5.41) is 4.65. The topological polar surface area (TPSA) is 44.1 Å². The summed E-state index contributed by atoms with van der Waals surface area (Å²) >= 11 is 0. The first-order chi connectivity index (χ1) is 12.6. The van der Waals surface area contributed by atoms with Crippen LogP contribution < -0.4 is 0 Å². The highest BCUT2D eigenvalue weighted by molar-refractivity contribution is 6.74. The van der Waals surface area contributed by atoms with Gasteiger partial charge in [0.25, 0.3) is 0 Å². The Kier molecular flexibility index (Phi) is 7.48. The van der Waals surface area contributed by atoms with E-state index in [1.54, 1.807) is 6.20 Å². The number of ketones is 1. The van der Waals surface area contributed by atoms with E-state index in [0.29, 0.717) is 30.8 Å². The van der Waals surface area contributed by atoms with Crippen molar-refractivity contribution in [1.29, 1.82) is 0 Å². The summed E-state index contributed by atoms with van der Waals surface area (Å²) in [6.07, 6.45) is 9.52. The molecular weight excluding hydrogens is 352 g/mol. The van der Waals surface area contributed by atoms with E-state index in [4.69, 9.17) is 4.43 Å². The van der Waals surface area contributed by atoms with Crippen LogP contribution in [0.15, 0.2) is 12.4 Å². The third-order valence-electron chi connectivity index (χ3n) is 7.04. The lowest BCUT2D eigenvalue weighted by Gasteiger charge is -2.36. The molecule has 27 heavy (non-hydrogen) atoms. The Morgan fingerprint density at radius 3 is 2.63 bits per heavy atom. The average molecular weight is 393 g/mol. The zero-order valence-electron chi connectivity index (χ0n) is 18.5. The molecule has 0 amide bonds. The Bertz CT molecular complexity index is 618. The Balaban J connectivity index is 1.97. The molecule has 0 radical (unpaired) electrons. The van der Waals surface area contributed by atoms with Crippen molar-refractivity contribution in [2.75, 3.05) is 6.61 Å². The van der Waals surface area contributed by atoms with Gasteiger partial charge in [-0.05, 0) is 42.8 Å². The Morgan fingerprint density at radius 1 is 1.33 bits per heavy atom. The molecule has 0 N–H and O–H groups in total. The highest BCUT2D eigenvalue weighted by Crippen LogP contribution is 2.38. The van der Waals surface area contributed by atoms with Crippen LogP contribution in [-0.2, 0) is 11.0 Å². The maximum absolute atomic E-state index is 13.1. The van der Waals surface area contributed by atoms with Gasteiger partial charge in [-0.3, -0.25) is 9.48 Å². The number of hydrogen-bond acceptors (Lipinski definition) is 3. The van der Waals surface area contributed by atoms with Crippen LogP contribution in [0, 0.1) is 17.8 Å². The van der Waals surface area contributed by atoms with Gasteiger partial charge in [0.15, 0.2) is 14.1 Å². The zero-order chi connectivity index (χ0) is 20.2. The molecule has 2 rings (SSSR count). The Morgan fingerprint density at radius 2 is 2.00 bits per heavy atom. The lowest BCUT2D eigenvalue weighted by molar-refractivity contribution is 0.0762. The maximum Gasteiger partial charge on any atom is 0.192 e. The molecule has 1 unspecified atom stereocenters. The predicted molar refractivity (Wildman–Crippen MR) is 115 cm³/mol. The van der Waals surface area contributed by atoms with Crippen LogP contribution >= 0.6 is 0 Å². The van der Waals surface area contributed by atoms with Crippen LogP contribution in [0.4, 0.5) is 0 Å². The predicted octanol–water partition coefficient (Wildman–Crippen LogP) is 5.94. The van der Waals surface area contributed by atoms with Crippen molar-refractivity contribution < 1.29 is 9.22 Å². The summed E-state index contributed by atoms with van der Waals surface area (Å²) in [4.78, 5) is 13.1. The molecule has 1 aromatic rings. The van der Waals surface area contributed by atoms with E-state index in [-0.39, 0.29) is 11.0 Å². The van der Waals surface area contributed by atoms with Gasteiger partial charge >= 0.3 is 0 Å². The molecule has 0 aliphatic heterocycles. The van der Waals surface area contributed by atoms with Gasteiger partial charge in [-0.2, -0.15) is 5.10 Å². The van der Waals surface area contributed by atoms with E-state index in [9.17, 15) is 4.79 Å².